The second kappa shape index (κ2) is 27.2. The molecule has 3 aromatic carbocycles. The molecule has 414 valence electrons. The van der Waals surface area contributed by atoms with Crippen LogP contribution >= 0.6 is 0 Å². The number of amides is 3. The number of nitriles is 1. The Labute approximate surface area is 450 Å². The number of allylic oxidation sites excluding steroid dienone is 1. The molecular formula is C55H73N11O10S. The van der Waals surface area contributed by atoms with Gasteiger partial charge >= 0.3 is 5.69 Å². The number of nitrogens with one attached hydrogen (secondary N) is 3. The Morgan fingerprint density at radius 2 is 1.57 bits per heavy atom. The summed E-state index contributed by atoms with van der Waals surface area (Å²) in [5.41, 5.74) is 12.6. The number of anilines is 1. The number of rotatable bonds is 32. The average molecular weight is 1080 g/mol. The summed E-state index contributed by atoms with van der Waals surface area (Å²) >= 11 is 0. The monoisotopic (exact) mass is 1080 g/mol. The Morgan fingerprint density at radius 1 is 0.922 bits per heavy atom. The van der Waals surface area contributed by atoms with E-state index in [9.17, 15) is 38.2 Å². The number of nitro benzene ring substituents is 1. The Morgan fingerprint density at radius 3 is 2.25 bits per heavy atom. The van der Waals surface area contributed by atoms with Crippen molar-refractivity contribution in [1.82, 2.24) is 25.3 Å². The highest BCUT2D eigenvalue weighted by molar-refractivity contribution is 7.89. The van der Waals surface area contributed by atoms with Crippen molar-refractivity contribution in [3.8, 4) is 17.6 Å². The molecule has 0 saturated heterocycles. The number of carbonyl (C=O) groups is 3. The number of aromatic nitrogens is 2. The van der Waals surface area contributed by atoms with Gasteiger partial charge in [-0.3, -0.25) is 24.5 Å². The van der Waals surface area contributed by atoms with Crippen molar-refractivity contribution in [3.63, 3.8) is 0 Å². The predicted octanol–water partition coefficient (Wildman–Crippen LogP) is 10.6. The molecule has 3 amide bonds. The molecule has 1 aromatic heterocycles. The van der Waals surface area contributed by atoms with Gasteiger partial charge in [-0.2, -0.15) is 5.26 Å². The van der Waals surface area contributed by atoms with E-state index in [0.717, 1.165) is 74.0 Å². The number of non-ortho nitro benzene ring substituents is 1. The SMILES string of the molecule is COc1cc(C(C)(C)CCCCCCN=[N+]=[N-])cc(OC)c1[C@H]1C=C(CNC(=O)CCCCCCNC(=O)c2ccc(S(=O)(=O)N(CC#N)C(=O)CCCCCNc3ccc([N+](=O)[O-])c4nonc34)cc2)[C@H]2C[C@@H]1C2(C)C. The minimum atomic E-state index is -4.39. The summed E-state index contributed by atoms with van der Waals surface area (Å²) in [6, 6.07) is 14.1. The van der Waals surface area contributed by atoms with E-state index >= 15 is 0 Å². The fourth-order valence-electron chi connectivity index (χ4n) is 10.8. The van der Waals surface area contributed by atoms with Crippen LogP contribution in [0.15, 0.2) is 74.8 Å². The van der Waals surface area contributed by atoms with Gasteiger partial charge in [-0.15, -0.1) is 0 Å². The lowest BCUT2D eigenvalue weighted by Gasteiger charge is -2.59. The van der Waals surface area contributed by atoms with Crippen LogP contribution < -0.4 is 25.4 Å². The van der Waals surface area contributed by atoms with Crippen LogP contribution in [0.25, 0.3) is 21.5 Å². The standard InChI is InChI=1S/C55H73N11O10S/c1-54(2,26-14-8-10-17-30-61-64-57)39-33-46(74-5)50(47(34-39)75-6)41-32-38(42-35-43(41)55(42,3)4)36-60-48(67)18-12-7-9-15-29-59-53(69)37-20-22-40(23-21-37)77(72,73)65(31-27-56)49(68)19-13-11-16-28-58-44-24-25-45(66(70)71)52-51(44)62-76-63-52/h20-25,32-34,41-43,58H,7-19,26,28-31,35-36H2,1-6H3,(H,59,69)(H,60,67)/t41-,42+,43-/m0/s1. The number of hydrogen-bond donors (Lipinski definition) is 3. The minimum Gasteiger partial charge on any atom is -0.496 e. The van der Waals surface area contributed by atoms with Gasteiger partial charge in [0.2, 0.25) is 17.3 Å². The highest BCUT2D eigenvalue weighted by Crippen LogP contribution is 2.65. The van der Waals surface area contributed by atoms with E-state index in [0.29, 0.717) is 86.5 Å². The second-order valence-electron chi connectivity index (χ2n) is 21.2. The summed E-state index contributed by atoms with van der Waals surface area (Å²) in [6.07, 6.45) is 13.1. The van der Waals surface area contributed by atoms with Crippen LogP contribution in [0.1, 0.15) is 151 Å². The lowest BCUT2D eigenvalue weighted by atomic mass is 9.45. The largest absolute Gasteiger partial charge is 0.496 e. The summed E-state index contributed by atoms with van der Waals surface area (Å²) in [5, 5.41) is 40.8. The van der Waals surface area contributed by atoms with Gasteiger partial charge < -0.3 is 25.4 Å². The van der Waals surface area contributed by atoms with E-state index in [4.69, 9.17) is 15.0 Å². The van der Waals surface area contributed by atoms with Crippen LogP contribution in [0.3, 0.4) is 0 Å². The van der Waals surface area contributed by atoms with E-state index in [1.165, 1.54) is 42.0 Å². The number of methoxy groups -OCH3 is 2. The van der Waals surface area contributed by atoms with Crippen molar-refractivity contribution in [3.05, 3.63) is 97.4 Å². The predicted molar refractivity (Wildman–Crippen MR) is 291 cm³/mol. The number of unbranched alkanes of at least 4 members (excludes halogenated alkanes) is 8. The maximum atomic E-state index is 13.5. The lowest BCUT2D eigenvalue weighted by Crippen LogP contribution is -2.52. The number of sulfonamides is 1. The van der Waals surface area contributed by atoms with Crippen LogP contribution in [0.5, 0.6) is 11.5 Å². The second-order valence-corrected chi connectivity index (χ2v) is 23.0. The number of ether oxygens (including phenoxy) is 2. The van der Waals surface area contributed by atoms with E-state index < -0.39 is 27.4 Å². The van der Waals surface area contributed by atoms with Crippen LogP contribution in [-0.4, -0.2) is 92.6 Å². The molecule has 0 radical (unpaired) electrons. The third-order valence-electron chi connectivity index (χ3n) is 15.4. The van der Waals surface area contributed by atoms with Gasteiger partial charge in [-0.25, -0.2) is 17.4 Å². The zero-order valence-corrected chi connectivity index (χ0v) is 46.0. The molecule has 3 N–H and O–H groups in total. The number of fused-ring (bicyclic) bond motifs is 2. The molecule has 77 heavy (non-hydrogen) atoms. The maximum Gasteiger partial charge on any atom is 0.300 e. The number of nitrogens with zero attached hydrogens (tertiary/aromatic N) is 8. The van der Waals surface area contributed by atoms with Crippen molar-refractivity contribution in [2.45, 2.75) is 140 Å². The number of azide groups is 1. The minimum absolute atomic E-state index is 0.00454. The van der Waals surface area contributed by atoms with E-state index in [1.807, 2.05) is 0 Å². The Hall–Kier alpha value is -7.24. The first-order valence-corrected chi connectivity index (χ1v) is 28.0. The van der Waals surface area contributed by atoms with E-state index in [1.54, 1.807) is 20.3 Å². The molecule has 1 heterocycles. The zero-order chi connectivity index (χ0) is 55.8. The molecule has 0 unspecified atom stereocenters. The van der Waals surface area contributed by atoms with Crippen molar-refractivity contribution in [1.29, 1.82) is 5.26 Å². The van der Waals surface area contributed by atoms with Gasteiger partial charge in [0.15, 0.2) is 5.52 Å². The summed E-state index contributed by atoms with van der Waals surface area (Å²) in [6.45, 7) is 10.3. The highest BCUT2D eigenvalue weighted by atomic mass is 32.2. The molecule has 7 rings (SSSR count). The molecule has 0 spiro atoms. The maximum absolute atomic E-state index is 13.5. The van der Waals surface area contributed by atoms with Gasteiger partial charge in [0.05, 0.1) is 35.8 Å². The third kappa shape index (κ3) is 14.6. The summed E-state index contributed by atoms with van der Waals surface area (Å²) in [5.74, 6) is 1.35. The Bertz CT molecular complexity index is 2940. The van der Waals surface area contributed by atoms with Crippen LogP contribution in [-0.2, 0) is 25.0 Å². The number of carbonyl (C=O) groups excluding carboxylic acids is 3. The van der Waals surface area contributed by atoms with Gasteiger partial charge in [-0.1, -0.05) is 83.0 Å². The first kappa shape index (κ1) is 59.0. The van der Waals surface area contributed by atoms with E-state index in [2.05, 4.69) is 86.8 Å². The molecule has 3 aliphatic rings. The molecule has 22 heteroatoms. The third-order valence-corrected chi connectivity index (χ3v) is 17.2. The highest BCUT2D eigenvalue weighted by Gasteiger charge is 2.56. The molecule has 1 saturated carbocycles. The fourth-order valence-corrected chi connectivity index (χ4v) is 12.1. The van der Waals surface area contributed by atoms with Crippen molar-refractivity contribution >= 4 is 50.2 Å². The molecule has 0 aliphatic heterocycles. The van der Waals surface area contributed by atoms with Gasteiger partial charge in [0, 0.05) is 67.0 Å². The summed E-state index contributed by atoms with van der Waals surface area (Å²) < 4.78 is 44.4. The zero-order valence-electron chi connectivity index (χ0n) is 45.1. The van der Waals surface area contributed by atoms with Crippen molar-refractivity contribution < 1.29 is 41.8 Å². The fraction of sp³-hybridized carbons (Fsp3) is 0.564. The number of nitro groups is 1. The number of hydrogen-bond acceptors (Lipinski definition) is 15. The van der Waals surface area contributed by atoms with Gasteiger partial charge in [-0.05, 0) is 131 Å². The lowest BCUT2D eigenvalue weighted by molar-refractivity contribution is -0.383. The first-order chi connectivity index (χ1) is 36.9. The van der Waals surface area contributed by atoms with E-state index in [-0.39, 0.29) is 62.2 Å². The smallest absolute Gasteiger partial charge is 0.300 e. The molecule has 21 nitrogen and oxygen atoms in total. The van der Waals surface area contributed by atoms with Crippen molar-refractivity contribution in [2.24, 2.45) is 22.4 Å². The van der Waals surface area contributed by atoms with Gasteiger partial charge in [0.1, 0.15) is 18.0 Å². The first-order valence-electron chi connectivity index (χ1n) is 26.6. The normalized spacial score (nSPS) is 16.5. The van der Waals surface area contributed by atoms with Crippen LogP contribution in [0, 0.1) is 38.7 Å². The number of benzene rings is 3. The van der Waals surface area contributed by atoms with Crippen molar-refractivity contribution in [2.75, 3.05) is 52.3 Å². The quantitative estimate of drug-likeness (QED) is 0.00599. The summed E-state index contributed by atoms with van der Waals surface area (Å²) in [7, 11) is -0.954. The molecule has 4 aromatic rings. The molecule has 3 aliphatic carbocycles. The molecular weight excluding hydrogens is 1010 g/mol. The van der Waals surface area contributed by atoms with Crippen LogP contribution in [0.2, 0.25) is 0 Å². The molecule has 2 bridgehead atoms. The Balaban J connectivity index is 0.901. The van der Waals surface area contributed by atoms with Gasteiger partial charge in [0.25, 0.3) is 15.9 Å². The Kier molecular flexibility index (Phi) is 20.8. The van der Waals surface area contributed by atoms with Crippen LogP contribution in [0.4, 0.5) is 11.4 Å². The topological polar surface area (TPSA) is 298 Å². The molecule has 1 fully saturated rings. The average Bonchev–Trinajstić information content (AvgIpc) is 3.94. The summed E-state index contributed by atoms with van der Waals surface area (Å²) in [4.78, 5) is 52.5. The molecule has 3 atom stereocenters.